The largest absolute Gasteiger partial charge is 0.507 e. The molecule has 0 aromatic heterocycles. The van der Waals surface area contributed by atoms with Crippen molar-refractivity contribution < 1.29 is 34.7 Å². The van der Waals surface area contributed by atoms with Crippen LogP contribution in [0, 0.1) is 0 Å². The van der Waals surface area contributed by atoms with Gasteiger partial charge in [-0.2, -0.15) is 0 Å². The van der Waals surface area contributed by atoms with Crippen LogP contribution in [-0.4, -0.2) is 57.9 Å². The molecule has 1 heterocycles. The Morgan fingerprint density at radius 3 is 2.59 bits per heavy atom. The number of phenols is 1. The number of cyclic esters (lactones) is 1. The van der Waals surface area contributed by atoms with Gasteiger partial charge in [-0.15, -0.1) is 0 Å². The summed E-state index contributed by atoms with van der Waals surface area (Å²) in [6, 6.07) is 1.22. The molecule has 1 aliphatic heterocycles. The van der Waals surface area contributed by atoms with Crippen LogP contribution in [0.1, 0.15) is 35.7 Å². The number of halogens is 1. The molecule has 0 saturated heterocycles. The zero-order chi connectivity index (χ0) is 20.1. The van der Waals surface area contributed by atoms with Gasteiger partial charge in [0.1, 0.15) is 35.4 Å². The Balaban J connectivity index is 2.52. The van der Waals surface area contributed by atoms with Crippen molar-refractivity contribution in [1.82, 2.24) is 0 Å². The molecule has 8 heteroatoms. The Kier molecular flexibility index (Phi) is 7.26. The highest BCUT2D eigenvalue weighted by Gasteiger charge is 2.25. The van der Waals surface area contributed by atoms with Crippen molar-refractivity contribution in [3.63, 3.8) is 0 Å². The van der Waals surface area contributed by atoms with E-state index in [4.69, 9.17) is 21.1 Å². The van der Waals surface area contributed by atoms with Gasteiger partial charge in [0.25, 0.3) is 0 Å². The second kappa shape index (κ2) is 9.23. The van der Waals surface area contributed by atoms with Crippen LogP contribution in [0.15, 0.2) is 24.3 Å². The number of hydrogen-bond acceptors (Lipinski definition) is 7. The van der Waals surface area contributed by atoms with Gasteiger partial charge in [-0.05, 0) is 13.3 Å². The molecule has 4 atom stereocenters. The standard InChI is InChI=1S/C19H23ClO7/c1-10-5-3-7-12(21)18(24)13(22)8-4-6-11-16(19(25)27-10)14(23)9-15(26-2)17(11)20/h3-4,6-7,9-10,12-13,18,21-24H,5,8H2,1-2H3. The molecule has 1 aromatic rings. The molecule has 2 rings (SSSR count). The minimum absolute atomic E-state index is 0.0226. The average molecular weight is 399 g/mol. The summed E-state index contributed by atoms with van der Waals surface area (Å²) in [5.41, 5.74) is 0.0422. The topological polar surface area (TPSA) is 116 Å². The van der Waals surface area contributed by atoms with Gasteiger partial charge >= 0.3 is 5.97 Å². The van der Waals surface area contributed by atoms with Crippen molar-refractivity contribution in [1.29, 1.82) is 0 Å². The molecule has 1 aliphatic rings. The molecule has 7 nitrogen and oxygen atoms in total. The maximum Gasteiger partial charge on any atom is 0.342 e. The molecule has 0 bridgehead atoms. The number of aliphatic hydroxyl groups excluding tert-OH is 3. The van der Waals surface area contributed by atoms with E-state index in [0.717, 1.165) is 0 Å². The molecule has 0 spiro atoms. The van der Waals surface area contributed by atoms with E-state index >= 15 is 0 Å². The Hall–Kier alpha value is -2.06. The smallest absolute Gasteiger partial charge is 0.342 e. The lowest BCUT2D eigenvalue weighted by Crippen LogP contribution is -2.35. The Bertz CT molecular complexity index is 744. The molecule has 0 fully saturated rings. The minimum atomic E-state index is -1.39. The van der Waals surface area contributed by atoms with Gasteiger partial charge in [-0.1, -0.05) is 35.9 Å². The number of hydrogen-bond donors (Lipinski definition) is 4. The quantitative estimate of drug-likeness (QED) is 0.422. The van der Waals surface area contributed by atoms with E-state index in [2.05, 4.69) is 0 Å². The zero-order valence-electron chi connectivity index (χ0n) is 15.0. The number of ether oxygens (including phenoxy) is 2. The maximum atomic E-state index is 12.6. The monoisotopic (exact) mass is 398 g/mol. The summed E-state index contributed by atoms with van der Waals surface area (Å²) >= 11 is 6.28. The van der Waals surface area contributed by atoms with Crippen LogP contribution in [0.4, 0.5) is 0 Å². The lowest BCUT2D eigenvalue weighted by molar-refractivity contribution is -0.0394. The number of rotatable bonds is 1. The first-order chi connectivity index (χ1) is 12.8. The van der Waals surface area contributed by atoms with Gasteiger partial charge < -0.3 is 29.9 Å². The van der Waals surface area contributed by atoms with E-state index in [1.807, 2.05) is 0 Å². The molecular formula is C19H23ClO7. The lowest BCUT2D eigenvalue weighted by atomic mass is 10.0. The second-order valence-corrected chi connectivity index (χ2v) is 6.64. The van der Waals surface area contributed by atoms with Crippen molar-refractivity contribution in [3.05, 3.63) is 40.4 Å². The molecule has 1 aromatic carbocycles. The van der Waals surface area contributed by atoms with Crippen molar-refractivity contribution in [3.8, 4) is 11.5 Å². The first-order valence-corrected chi connectivity index (χ1v) is 8.81. The van der Waals surface area contributed by atoms with Crippen LogP contribution in [0.2, 0.25) is 5.02 Å². The van der Waals surface area contributed by atoms with Gasteiger partial charge in [0, 0.05) is 18.1 Å². The summed E-state index contributed by atoms with van der Waals surface area (Å²) in [5.74, 6) is -0.957. The van der Waals surface area contributed by atoms with Crippen LogP contribution in [-0.2, 0) is 4.74 Å². The first kappa shape index (κ1) is 21.2. The van der Waals surface area contributed by atoms with Crippen LogP contribution >= 0.6 is 11.6 Å². The molecule has 0 radical (unpaired) electrons. The molecule has 4 N–H and O–H groups in total. The van der Waals surface area contributed by atoms with E-state index in [1.165, 1.54) is 31.4 Å². The normalized spacial score (nSPS) is 26.8. The fraction of sp³-hybridized carbons (Fsp3) is 0.421. The van der Waals surface area contributed by atoms with E-state index in [1.54, 1.807) is 13.0 Å². The van der Waals surface area contributed by atoms with E-state index in [9.17, 15) is 25.2 Å². The third-order valence-electron chi connectivity index (χ3n) is 4.19. The van der Waals surface area contributed by atoms with Crippen LogP contribution in [0.25, 0.3) is 6.08 Å². The van der Waals surface area contributed by atoms with Crippen molar-refractivity contribution in [2.24, 2.45) is 0 Å². The SMILES string of the molecule is COc1cc(O)c2c(c1Cl)C=CCC(O)C(O)C(O)C=CCC(C)OC2=O. The Morgan fingerprint density at radius 1 is 1.22 bits per heavy atom. The number of carbonyl (C=O) groups excluding carboxylic acids is 1. The number of phenolic OH excluding ortho intramolecular Hbond substituents is 1. The predicted octanol–water partition coefficient (Wildman–Crippen LogP) is 2.05. The second-order valence-electron chi connectivity index (χ2n) is 6.27. The summed E-state index contributed by atoms with van der Waals surface area (Å²) in [6.07, 6.45) is 1.55. The summed E-state index contributed by atoms with van der Waals surface area (Å²) in [5, 5.41) is 40.3. The first-order valence-electron chi connectivity index (χ1n) is 8.44. The fourth-order valence-electron chi connectivity index (χ4n) is 2.67. The third kappa shape index (κ3) is 5.01. The maximum absolute atomic E-state index is 12.6. The molecule has 0 saturated carbocycles. The summed E-state index contributed by atoms with van der Waals surface area (Å²) in [6.45, 7) is 1.64. The number of benzene rings is 1. The summed E-state index contributed by atoms with van der Waals surface area (Å²) < 4.78 is 10.4. The number of fused-ring (bicyclic) bond motifs is 1. The molecule has 148 valence electrons. The predicted molar refractivity (Wildman–Crippen MR) is 100.0 cm³/mol. The summed E-state index contributed by atoms with van der Waals surface area (Å²) in [7, 11) is 1.37. The van der Waals surface area contributed by atoms with Crippen LogP contribution < -0.4 is 4.74 Å². The van der Waals surface area contributed by atoms with Gasteiger partial charge in [-0.3, -0.25) is 0 Å². The number of esters is 1. The highest BCUT2D eigenvalue weighted by atomic mass is 35.5. The van der Waals surface area contributed by atoms with Crippen LogP contribution in [0.5, 0.6) is 11.5 Å². The average Bonchev–Trinajstić information content (AvgIpc) is 2.62. The fourth-order valence-corrected chi connectivity index (χ4v) is 2.95. The highest BCUT2D eigenvalue weighted by Crippen LogP contribution is 2.38. The molecule has 4 unspecified atom stereocenters. The Labute approximate surface area is 162 Å². The van der Waals surface area contributed by atoms with Crippen molar-refractivity contribution in [2.45, 2.75) is 44.2 Å². The number of methoxy groups -OCH3 is 1. The molecule has 0 amide bonds. The zero-order valence-corrected chi connectivity index (χ0v) is 15.8. The minimum Gasteiger partial charge on any atom is -0.507 e. The van der Waals surface area contributed by atoms with Gasteiger partial charge in [0.15, 0.2) is 0 Å². The molecular weight excluding hydrogens is 376 g/mol. The third-order valence-corrected chi connectivity index (χ3v) is 4.58. The van der Waals surface area contributed by atoms with E-state index in [-0.39, 0.29) is 40.5 Å². The number of carbonyl (C=O) groups is 1. The van der Waals surface area contributed by atoms with Gasteiger partial charge in [-0.25, -0.2) is 4.79 Å². The van der Waals surface area contributed by atoms with Gasteiger partial charge in [0.05, 0.1) is 18.2 Å². The van der Waals surface area contributed by atoms with E-state index < -0.39 is 30.4 Å². The van der Waals surface area contributed by atoms with E-state index in [0.29, 0.717) is 0 Å². The van der Waals surface area contributed by atoms with Gasteiger partial charge in [0.2, 0.25) is 0 Å². The van der Waals surface area contributed by atoms with Crippen LogP contribution in [0.3, 0.4) is 0 Å². The van der Waals surface area contributed by atoms with Crippen molar-refractivity contribution >= 4 is 23.6 Å². The Morgan fingerprint density at radius 2 is 1.93 bits per heavy atom. The summed E-state index contributed by atoms with van der Waals surface area (Å²) in [4.78, 5) is 12.6. The lowest BCUT2D eigenvalue weighted by Gasteiger charge is -2.21. The highest BCUT2D eigenvalue weighted by molar-refractivity contribution is 6.34. The molecule has 27 heavy (non-hydrogen) atoms. The number of aromatic hydroxyl groups is 1. The van der Waals surface area contributed by atoms with Crippen molar-refractivity contribution in [2.75, 3.05) is 7.11 Å². The molecule has 0 aliphatic carbocycles. The number of aliphatic hydroxyl groups is 3.